The molecule has 1 aromatic heterocycles. The van der Waals surface area contributed by atoms with E-state index < -0.39 is 27.5 Å². The number of aromatic nitrogens is 2. The lowest BCUT2D eigenvalue weighted by Gasteiger charge is -2.13. The average molecular weight is 329 g/mol. The molecule has 0 atom stereocenters. The fourth-order valence-electron chi connectivity index (χ4n) is 1.70. The Labute approximate surface area is 121 Å². The monoisotopic (exact) mass is 329 g/mol. The molecule has 1 N–H and O–H groups in total. The van der Waals surface area contributed by atoms with E-state index in [1.54, 1.807) is 0 Å². The van der Waals surface area contributed by atoms with Gasteiger partial charge in [-0.15, -0.1) is 0 Å². The summed E-state index contributed by atoms with van der Waals surface area (Å²) in [7, 11) is -1.87. The summed E-state index contributed by atoms with van der Waals surface area (Å²) in [6.07, 6.45) is -2.52. The Morgan fingerprint density at radius 2 is 2.10 bits per heavy atom. The van der Waals surface area contributed by atoms with Gasteiger partial charge in [-0.2, -0.15) is 18.3 Å². The molecule has 122 valence electrons. The molecule has 0 amide bonds. The van der Waals surface area contributed by atoms with Crippen molar-refractivity contribution in [3.63, 3.8) is 0 Å². The van der Waals surface area contributed by atoms with Gasteiger partial charge < -0.3 is 10.1 Å². The number of sulfone groups is 1. The van der Waals surface area contributed by atoms with Crippen molar-refractivity contribution in [3.8, 4) is 0 Å². The van der Waals surface area contributed by atoms with Gasteiger partial charge in [0.15, 0.2) is 0 Å². The molecule has 0 fully saturated rings. The molecular formula is C11H18F3N3O3S. The van der Waals surface area contributed by atoms with Crippen LogP contribution in [0.1, 0.15) is 11.3 Å². The van der Waals surface area contributed by atoms with Gasteiger partial charge in [0.25, 0.3) is 0 Å². The topological polar surface area (TPSA) is 73.2 Å². The zero-order valence-electron chi connectivity index (χ0n) is 11.8. The predicted molar refractivity (Wildman–Crippen MR) is 70.5 cm³/mol. The number of nitrogens with zero attached hydrogens (tertiary/aromatic N) is 2. The van der Waals surface area contributed by atoms with Crippen molar-refractivity contribution in [2.75, 3.05) is 32.3 Å². The van der Waals surface area contributed by atoms with Crippen molar-refractivity contribution >= 4 is 9.84 Å². The van der Waals surface area contributed by atoms with Crippen LogP contribution < -0.4 is 5.32 Å². The summed E-state index contributed by atoms with van der Waals surface area (Å²) in [4.78, 5) is 0. The Morgan fingerprint density at radius 3 is 2.62 bits per heavy atom. The van der Waals surface area contributed by atoms with Gasteiger partial charge in [0.05, 0.1) is 25.1 Å². The molecule has 0 aliphatic carbocycles. The van der Waals surface area contributed by atoms with E-state index in [0.29, 0.717) is 17.8 Å². The number of halogens is 3. The summed E-state index contributed by atoms with van der Waals surface area (Å²) in [5.41, 5.74) is -0.942. The van der Waals surface area contributed by atoms with Crippen LogP contribution in [0.25, 0.3) is 0 Å². The van der Waals surface area contributed by atoms with Crippen molar-refractivity contribution in [2.45, 2.75) is 19.3 Å². The van der Waals surface area contributed by atoms with E-state index in [-0.39, 0.29) is 18.7 Å². The minimum Gasteiger partial charge on any atom is -0.383 e. The Morgan fingerprint density at radius 1 is 1.43 bits per heavy atom. The number of ether oxygens (including phenoxy) is 1. The molecule has 0 radical (unpaired) electrons. The molecular weight excluding hydrogens is 311 g/mol. The highest BCUT2D eigenvalue weighted by Crippen LogP contribution is 2.32. The lowest BCUT2D eigenvalue weighted by Crippen LogP contribution is -2.23. The van der Waals surface area contributed by atoms with Gasteiger partial charge in [0, 0.05) is 32.0 Å². The van der Waals surface area contributed by atoms with E-state index in [4.69, 9.17) is 4.74 Å². The predicted octanol–water partition coefficient (Wildman–Crippen LogP) is 0.682. The van der Waals surface area contributed by atoms with E-state index >= 15 is 0 Å². The highest BCUT2D eigenvalue weighted by atomic mass is 32.2. The van der Waals surface area contributed by atoms with Crippen LogP contribution in [0.4, 0.5) is 13.2 Å². The number of rotatable bonds is 8. The van der Waals surface area contributed by atoms with Crippen LogP contribution in [0.15, 0.2) is 6.20 Å². The molecule has 0 saturated carbocycles. The van der Waals surface area contributed by atoms with Crippen LogP contribution in [-0.2, 0) is 33.8 Å². The highest BCUT2D eigenvalue weighted by molar-refractivity contribution is 7.90. The van der Waals surface area contributed by atoms with Crippen LogP contribution in [0, 0.1) is 0 Å². The van der Waals surface area contributed by atoms with Gasteiger partial charge in [-0.3, -0.25) is 4.68 Å². The summed E-state index contributed by atoms with van der Waals surface area (Å²) in [6.45, 7) is 0.439. The van der Waals surface area contributed by atoms with Gasteiger partial charge in [-0.25, -0.2) is 8.42 Å². The quantitative estimate of drug-likeness (QED) is 0.710. The van der Waals surface area contributed by atoms with Gasteiger partial charge >= 0.3 is 6.18 Å². The Hall–Kier alpha value is -1.13. The third-order valence-corrected chi connectivity index (χ3v) is 3.58. The molecule has 0 bridgehead atoms. The molecule has 0 saturated heterocycles. The maximum Gasteiger partial charge on any atom is 0.433 e. The second kappa shape index (κ2) is 7.23. The molecule has 0 aliphatic heterocycles. The van der Waals surface area contributed by atoms with E-state index in [9.17, 15) is 21.6 Å². The first-order chi connectivity index (χ1) is 9.65. The zero-order valence-corrected chi connectivity index (χ0v) is 12.6. The number of hydrogen-bond donors (Lipinski definition) is 1. The SMILES string of the molecule is COCCNCc1cnn(CCS(C)(=O)=O)c1C(F)(F)F. The summed E-state index contributed by atoms with van der Waals surface area (Å²) in [5, 5.41) is 6.45. The summed E-state index contributed by atoms with van der Waals surface area (Å²) in [5.74, 6) is -0.395. The molecule has 0 spiro atoms. The highest BCUT2D eigenvalue weighted by Gasteiger charge is 2.37. The third-order valence-electron chi connectivity index (χ3n) is 2.66. The van der Waals surface area contributed by atoms with E-state index in [1.165, 1.54) is 7.11 Å². The lowest BCUT2D eigenvalue weighted by molar-refractivity contribution is -0.144. The van der Waals surface area contributed by atoms with Gasteiger partial charge in [0.1, 0.15) is 15.5 Å². The first-order valence-electron chi connectivity index (χ1n) is 6.14. The molecule has 1 heterocycles. The zero-order chi connectivity index (χ0) is 16.1. The molecule has 10 heteroatoms. The number of alkyl halides is 3. The molecule has 6 nitrogen and oxygen atoms in total. The number of aryl methyl sites for hydroxylation is 1. The minimum atomic E-state index is -4.59. The van der Waals surface area contributed by atoms with Crippen LogP contribution >= 0.6 is 0 Å². The molecule has 21 heavy (non-hydrogen) atoms. The van der Waals surface area contributed by atoms with Crippen molar-refractivity contribution in [2.24, 2.45) is 0 Å². The standard InChI is InChI=1S/C11H18F3N3O3S/c1-20-5-3-15-7-9-8-16-17(4-6-21(2,18)19)10(9)11(12,13)14/h8,15H,3-7H2,1-2H3. The van der Waals surface area contributed by atoms with Crippen molar-refractivity contribution in [1.29, 1.82) is 0 Å². The number of nitrogens with one attached hydrogen (secondary N) is 1. The third kappa shape index (κ3) is 6.02. The Kier molecular flexibility index (Phi) is 6.17. The maximum atomic E-state index is 13.1. The van der Waals surface area contributed by atoms with E-state index in [0.717, 1.165) is 12.5 Å². The number of methoxy groups -OCH3 is 1. The van der Waals surface area contributed by atoms with E-state index in [1.807, 2.05) is 0 Å². The molecule has 0 unspecified atom stereocenters. The Balaban J connectivity index is 2.87. The normalized spacial score (nSPS) is 12.8. The first-order valence-corrected chi connectivity index (χ1v) is 8.20. The molecule has 0 aromatic carbocycles. The van der Waals surface area contributed by atoms with Crippen molar-refractivity contribution in [3.05, 3.63) is 17.5 Å². The second-order valence-corrected chi connectivity index (χ2v) is 6.80. The lowest BCUT2D eigenvalue weighted by atomic mass is 10.2. The van der Waals surface area contributed by atoms with Crippen LogP contribution in [0.5, 0.6) is 0 Å². The van der Waals surface area contributed by atoms with Gasteiger partial charge in [-0.05, 0) is 0 Å². The second-order valence-electron chi connectivity index (χ2n) is 4.54. The smallest absolute Gasteiger partial charge is 0.383 e. The van der Waals surface area contributed by atoms with Gasteiger partial charge in [0.2, 0.25) is 0 Å². The molecule has 0 aliphatic rings. The fourth-order valence-corrected chi connectivity index (χ4v) is 2.21. The fraction of sp³-hybridized carbons (Fsp3) is 0.727. The maximum absolute atomic E-state index is 13.1. The Bertz CT molecular complexity index is 555. The average Bonchev–Trinajstić information content (AvgIpc) is 2.74. The number of hydrogen-bond acceptors (Lipinski definition) is 5. The summed E-state index contributed by atoms with van der Waals surface area (Å²) in [6, 6.07) is 0. The van der Waals surface area contributed by atoms with Crippen LogP contribution in [0.3, 0.4) is 0 Å². The summed E-state index contributed by atoms with van der Waals surface area (Å²) >= 11 is 0. The first kappa shape index (κ1) is 17.9. The van der Waals surface area contributed by atoms with Gasteiger partial charge in [-0.1, -0.05) is 0 Å². The van der Waals surface area contributed by atoms with Crippen molar-refractivity contribution in [1.82, 2.24) is 15.1 Å². The summed E-state index contributed by atoms with van der Waals surface area (Å²) < 4.78 is 66.8. The van der Waals surface area contributed by atoms with Crippen molar-refractivity contribution < 1.29 is 26.3 Å². The largest absolute Gasteiger partial charge is 0.433 e. The van der Waals surface area contributed by atoms with E-state index in [2.05, 4.69) is 10.4 Å². The molecule has 1 rings (SSSR count). The minimum absolute atomic E-state index is 0.0168. The van der Waals surface area contributed by atoms with Crippen LogP contribution in [0.2, 0.25) is 0 Å². The van der Waals surface area contributed by atoms with Crippen LogP contribution in [-0.4, -0.2) is 50.5 Å². The molecule has 1 aromatic rings.